The number of thiophene rings is 1. The molecule has 190 valence electrons. The van der Waals surface area contributed by atoms with E-state index in [0.717, 1.165) is 48.1 Å². The van der Waals surface area contributed by atoms with E-state index in [-0.39, 0.29) is 30.2 Å². The van der Waals surface area contributed by atoms with Crippen molar-refractivity contribution in [1.82, 2.24) is 9.80 Å². The van der Waals surface area contributed by atoms with Crippen LogP contribution in [0.2, 0.25) is 0 Å². The van der Waals surface area contributed by atoms with Gasteiger partial charge in [0.15, 0.2) is 0 Å². The summed E-state index contributed by atoms with van der Waals surface area (Å²) in [6.45, 7) is 2.84. The molecule has 5 nitrogen and oxygen atoms in total. The van der Waals surface area contributed by atoms with E-state index in [9.17, 15) is 14.0 Å². The minimum atomic E-state index is -0.307. The summed E-state index contributed by atoms with van der Waals surface area (Å²) in [6.07, 6.45) is 5.04. The minimum Gasteiger partial charge on any atom is -0.497 e. The number of nitrogens with zero attached hydrogens (tertiary/aromatic N) is 2. The van der Waals surface area contributed by atoms with Crippen molar-refractivity contribution < 1.29 is 18.7 Å². The van der Waals surface area contributed by atoms with E-state index in [4.69, 9.17) is 4.74 Å². The molecule has 0 radical (unpaired) electrons. The van der Waals surface area contributed by atoms with Gasteiger partial charge in [0.2, 0.25) is 5.91 Å². The average Bonchev–Trinajstić information content (AvgIpc) is 3.32. The van der Waals surface area contributed by atoms with E-state index in [1.807, 2.05) is 18.4 Å². The Hall–Kier alpha value is -3.19. The van der Waals surface area contributed by atoms with Crippen molar-refractivity contribution in [2.45, 2.75) is 58.2 Å². The van der Waals surface area contributed by atoms with Crippen LogP contribution in [0.1, 0.15) is 58.5 Å². The smallest absolute Gasteiger partial charge is 0.254 e. The number of aryl methyl sites for hydroxylation is 1. The molecule has 0 spiro atoms. The van der Waals surface area contributed by atoms with Crippen molar-refractivity contribution >= 4 is 23.2 Å². The Labute approximate surface area is 216 Å². The predicted octanol–water partition coefficient (Wildman–Crippen LogP) is 6.21. The Kier molecular flexibility index (Phi) is 8.75. The van der Waals surface area contributed by atoms with Crippen molar-refractivity contribution in [3.05, 3.63) is 87.4 Å². The topological polar surface area (TPSA) is 49.9 Å². The molecule has 0 atom stereocenters. The fourth-order valence-corrected chi connectivity index (χ4v) is 5.63. The number of amides is 2. The van der Waals surface area contributed by atoms with E-state index in [1.165, 1.54) is 12.1 Å². The summed E-state index contributed by atoms with van der Waals surface area (Å²) in [6, 6.07) is 15.4. The molecule has 7 heteroatoms. The highest BCUT2D eigenvalue weighted by molar-refractivity contribution is 7.10. The second-order valence-electron chi connectivity index (χ2n) is 9.36. The summed E-state index contributed by atoms with van der Waals surface area (Å²) in [5, 5.41) is 2.02. The molecule has 0 bridgehead atoms. The lowest BCUT2D eigenvalue weighted by Crippen LogP contribution is -2.48. The third-order valence-corrected chi connectivity index (χ3v) is 7.85. The molecule has 0 unspecified atom stereocenters. The molecular weight excluding hydrogens is 475 g/mol. The molecule has 0 N–H and O–H groups in total. The van der Waals surface area contributed by atoms with Crippen molar-refractivity contribution in [3.8, 4) is 5.75 Å². The zero-order chi connectivity index (χ0) is 25.5. The van der Waals surface area contributed by atoms with E-state index in [2.05, 4.69) is 0 Å². The Morgan fingerprint density at radius 1 is 1.03 bits per heavy atom. The standard InChI is InChI=1S/C29H33FN2O3S/c1-21-15-16-36-27(21)19-31(18-22-11-13-24(30)14-12-22)28(33)20-32(25-8-4-3-5-9-25)29(34)23-7-6-10-26(17-23)35-2/h6-7,10-17,25H,3-5,8-9,18-20H2,1-2H3. The first-order chi connectivity index (χ1) is 17.4. The molecule has 1 heterocycles. The van der Waals surface area contributed by atoms with Gasteiger partial charge in [-0.05, 0) is 72.7 Å². The summed E-state index contributed by atoms with van der Waals surface area (Å²) in [4.78, 5) is 32.1. The molecule has 1 aliphatic rings. The normalized spacial score (nSPS) is 13.9. The largest absolute Gasteiger partial charge is 0.497 e. The van der Waals surface area contributed by atoms with Gasteiger partial charge in [0.25, 0.3) is 5.91 Å². The van der Waals surface area contributed by atoms with Gasteiger partial charge in [0, 0.05) is 23.0 Å². The predicted molar refractivity (Wildman–Crippen MR) is 141 cm³/mol. The molecule has 1 saturated carbocycles. The van der Waals surface area contributed by atoms with E-state index >= 15 is 0 Å². The highest BCUT2D eigenvalue weighted by atomic mass is 32.1. The van der Waals surface area contributed by atoms with Crippen LogP contribution in [0.3, 0.4) is 0 Å². The van der Waals surface area contributed by atoms with Gasteiger partial charge in [-0.25, -0.2) is 4.39 Å². The van der Waals surface area contributed by atoms with Crippen molar-refractivity contribution in [2.24, 2.45) is 0 Å². The molecule has 3 aromatic rings. The summed E-state index contributed by atoms with van der Waals surface area (Å²) in [5.74, 6) is 0.0390. The molecule has 2 amide bonds. The lowest BCUT2D eigenvalue weighted by atomic mass is 9.93. The van der Waals surface area contributed by atoms with Crippen LogP contribution in [0.15, 0.2) is 60.0 Å². The summed E-state index contributed by atoms with van der Waals surface area (Å²) < 4.78 is 18.8. The van der Waals surface area contributed by atoms with Crippen molar-refractivity contribution in [3.63, 3.8) is 0 Å². The van der Waals surface area contributed by atoms with Gasteiger partial charge in [-0.1, -0.05) is 37.5 Å². The van der Waals surface area contributed by atoms with Crippen LogP contribution in [0.4, 0.5) is 4.39 Å². The number of carbonyl (C=O) groups excluding carboxylic acids is 2. The molecule has 0 aliphatic heterocycles. The second-order valence-corrected chi connectivity index (χ2v) is 10.4. The molecule has 1 fully saturated rings. The average molecular weight is 509 g/mol. The first-order valence-corrected chi connectivity index (χ1v) is 13.3. The Morgan fingerprint density at radius 3 is 2.44 bits per heavy atom. The van der Waals surface area contributed by atoms with Crippen LogP contribution in [0.5, 0.6) is 5.75 Å². The number of hydrogen-bond donors (Lipinski definition) is 0. The molecule has 0 saturated heterocycles. The molecule has 1 aromatic heterocycles. The summed E-state index contributed by atoms with van der Waals surface area (Å²) in [7, 11) is 1.58. The third-order valence-electron chi connectivity index (χ3n) is 6.84. The molecule has 2 aromatic carbocycles. The SMILES string of the molecule is COc1cccc(C(=O)N(CC(=O)N(Cc2ccc(F)cc2)Cc2sccc2C)C2CCCCC2)c1. The first-order valence-electron chi connectivity index (χ1n) is 12.4. The minimum absolute atomic E-state index is 0.00628. The number of halogens is 1. The maximum Gasteiger partial charge on any atom is 0.254 e. The number of benzene rings is 2. The zero-order valence-electron chi connectivity index (χ0n) is 20.9. The number of ether oxygens (including phenoxy) is 1. The maximum absolute atomic E-state index is 13.8. The van der Waals surface area contributed by atoms with Gasteiger partial charge in [-0.2, -0.15) is 0 Å². The van der Waals surface area contributed by atoms with Gasteiger partial charge in [0.1, 0.15) is 18.1 Å². The van der Waals surface area contributed by atoms with Crippen LogP contribution >= 0.6 is 11.3 Å². The summed E-state index contributed by atoms with van der Waals surface area (Å²) >= 11 is 1.61. The van der Waals surface area contributed by atoms with E-state index in [0.29, 0.717) is 24.4 Å². The lowest BCUT2D eigenvalue weighted by molar-refractivity contribution is -0.133. The Bertz CT molecular complexity index is 1170. The van der Waals surface area contributed by atoms with Crippen molar-refractivity contribution in [2.75, 3.05) is 13.7 Å². The van der Waals surface area contributed by atoms with Gasteiger partial charge >= 0.3 is 0 Å². The van der Waals surface area contributed by atoms with Gasteiger partial charge in [0.05, 0.1) is 13.7 Å². The lowest BCUT2D eigenvalue weighted by Gasteiger charge is -2.35. The third kappa shape index (κ3) is 6.52. The first kappa shape index (κ1) is 25.9. The van der Waals surface area contributed by atoms with Crippen LogP contribution in [-0.2, 0) is 17.9 Å². The van der Waals surface area contributed by atoms with Crippen LogP contribution in [0.25, 0.3) is 0 Å². The van der Waals surface area contributed by atoms with Gasteiger partial charge < -0.3 is 14.5 Å². The number of methoxy groups -OCH3 is 1. The summed E-state index contributed by atoms with van der Waals surface area (Å²) in [5.41, 5.74) is 2.50. The highest BCUT2D eigenvalue weighted by Gasteiger charge is 2.30. The number of rotatable bonds is 9. The van der Waals surface area contributed by atoms with E-state index < -0.39 is 0 Å². The van der Waals surface area contributed by atoms with Gasteiger partial charge in [-0.15, -0.1) is 11.3 Å². The van der Waals surface area contributed by atoms with Crippen molar-refractivity contribution in [1.29, 1.82) is 0 Å². The fourth-order valence-electron chi connectivity index (χ4n) is 4.71. The number of hydrogen-bond acceptors (Lipinski definition) is 4. The van der Waals surface area contributed by atoms with E-state index in [1.54, 1.807) is 64.6 Å². The maximum atomic E-state index is 13.8. The van der Waals surface area contributed by atoms with Crippen LogP contribution < -0.4 is 4.74 Å². The monoisotopic (exact) mass is 508 g/mol. The molecule has 1 aliphatic carbocycles. The molecule has 4 rings (SSSR count). The zero-order valence-corrected chi connectivity index (χ0v) is 21.7. The van der Waals surface area contributed by atoms with Crippen LogP contribution in [0, 0.1) is 12.7 Å². The van der Waals surface area contributed by atoms with Gasteiger partial charge in [-0.3, -0.25) is 9.59 Å². The molecule has 36 heavy (non-hydrogen) atoms. The highest BCUT2D eigenvalue weighted by Crippen LogP contribution is 2.26. The number of carbonyl (C=O) groups is 2. The Balaban J connectivity index is 1.60. The molecular formula is C29H33FN2O3S. The van der Waals surface area contributed by atoms with Crippen LogP contribution in [-0.4, -0.2) is 41.3 Å². The fraction of sp³-hybridized carbons (Fsp3) is 0.379. The quantitative estimate of drug-likeness (QED) is 0.345. The Morgan fingerprint density at radius 2 is 1.78 bits per heavy atom. The second kappa shape index (κ2) is 12.2.